The van der Waals surface area contributed by atoms with Gasteiger partial charge in [-0.2, -0.15) is 11.8 Å². The number of halogens is 2. The molecular weight excluding hydrogens is 381 g/mol. The summed E-state index contributed by atoms with van der Waals surface area (Å²) >= 11 is 10.3. The first-order chi connectivity index (χ1) is 8.65. The van der Waals surface area contributed by atoms with Gasteiger partial charge in [-0.3, -0.25) is 4.79 Å². The smallest absolute Gasteiger partial charge is 0.224 e. The van der Waals surface area contributed by atoms with Crippen molar-refractivity contribution < 1.29 is 4.79 Å². The third-order valence-electron chi connectivity index (χ3n) is 3.02. The number of anilines is 1. The summed E-state index contributed by atoms with van der Waals surface area (Å²) in [5.74, 6) is 2.98. The number of thioether (sulfide) groups is 1. The third kappa shape index (κ3) is 4.31. The van der Waals surface area contributed by atoms with Crippen LogP contribution < -0.4 is 5.32 Å². The first-order valence-corrected chi connectivity index (χ1v) is 8.59. The minimum Gasteiger partial charge on any atom is -0.325 e. The van der Waals surface area contributed by atoms with E-state index in [2.05, 4.69) is 27.9 Å². The molecule has 0 aromatic heterocycles. The standard InChI is InChI=1S/C13H15ClINOS/c14-11-8-10(15)1-2-12(11)16-13(17)7-9-3-5-18-6-4-9/h1-2,8-9H,3-7H2,(H,16,17). The van der Waals surface area contributed by atoms with Gasteiger partial charge in [-0.25, -0.2) is 0 Å². The lowest BCUT2D eigenvalue weighted by Crippen LogP contribution is -2.19. The molecule has 1 aliphatic rings. The zero-order chi connectivity index (χ0) is 13.0. The number of benzene rings is 1. The lowest BCUT2D eigenvalue weighted by atomic mass is 9.98. The highest BCUT2D eigenvalue weighted by atomic mass is 127. The molecule has 1 aromatic carbocycles. The zero-order valence-corrected chi connectivity index (χ0v) is 13.6. The summed E-state index contributed by atoms with van der Waals surface area (Å²) in [5, 5.41) is 3.51. The van der Waals surface area contributed by atoms with E-state index in [4.69, 9.17) is 11.6 Å². The Balaban J connectivity index is 1.90. The minimum atomic E-state index is 0.0787. The van der Waals surface area contributed by atoms with Gasteiger partial charge in [-0.1, -0.05) is 11.6 Å². The molecule has 5 heteroatoms. The van der Waals surface area contributed by atoms with Gasteiger partial charge >= 0.3 is 0 Å². The lowest BCUT2D eigenvalue weighted by Gasteiger charge is -2.20. The van der Waals surface area contributed by atoms with E-state index in [9.17, 15) is 4.79 Å². The molecule has 1 aliphatic heterocycles. The Morgan fingerprint density at radius 1 is 1.44 bits per heavy atom. The monoisotopic (exact) mass is 395 g/mol. The van der Waals surface area contributed by atoms with Gasteiger partial charge in [0.05, 0.1) is 10.7 Å². The number of carbonyl (C=O) groups excluding carboxylic acids is 1. The molecule has 1 fully saturated rings. The van der Waals surface area contributed by atoms with Crippen LogP contribution in [-0.2, 0) is 4.79 Å². The van der Waals surface area contributed by atoms with E-state index in [1.54, 1.807) is 0 Å². The Bertz CT molecular complexity index is 435. The quantitative estimate of drug-likeness (QED) is 0.768. The topological polar surface area (TPSA) is 29.1 Å². The molecule has 0 bridgehead atoms. The summed E-state index contributed by atoms with van der Waals surface area (Å²) in [6, 6.07) is 5.66. The first kappa shape index (κ1) is 14.5. The maximum absolute atomic E-state index is 11.9. The second-order valence-electron chi connectivity index (χ2n) is 4.43. The maximum atomic E-state index is 11.9. The Morgan fingerprint density at radius 2 is 2.17 bits per heavy atom. The Kier molecular flexibility index (Phi) is 5.63. The molecule has 0 aliphatic carbocycles. The highest BCUT2D eigenvalue weighted by Gasteiger charge is 2.17. The van der Waals surface area contributed by atoms with Gasteiger partial charge in [0.15, 0.2) is 0 Å². The summed E-state index contributed by atoms with van der Waals surface area (Å²) in [5.41, 5.74) is 0.715. The highest BCUT2D eigenvalue weighted by molar-refractivity contribution is 14.1. The van der Waals surface area contributed by atoms with Crippen molar-refractivity contribution in [3.05, 3.63) is 26.8 Å². The molecule has 18 heavy (non-hydrogen) atoms. The van der Waals surface area contributed by atoms with Crippen molar-refractivity contribution in [2.45, 2.75) is 19.3 Å². The van der Waals surface area contributed by atoms with Crippen molar-refractivity contribution in [1.29, 1.82) is 0 Å². The Hall–Kier alpha value is 0.0600. The third-order valence-corrected chi connectivity index (χ3v) is 5.05. The van der Waals surface area contributed by atoms with Crippen molar-refractivity contribution in [1.82, 2.24) is 0 Å². The van der Waals surface area contributed by atoms with Gasteiger partial charge < -0.3 is 5.32 Å². The van der Waals surface area contributed by atoms with E-state index in [0.29, 0.717) is 23.0 Å². The normalized spacial score (nSPS) is 16.6. The molecule has 1 amide bonds. The van der Waals surface area contributed by atoms with E-state index >= 15 is 0 Å². The van der Waals surface area contributed by atoms with E-state index in [-0.39, 0.29) is 5.91 Å². The van der Waals surface area contributed by atoms with Crippen molar-refractivity contribution in [3.63, 3.8) is 0 Å². The first-order valence-electron chi connectivity index (χ1n) is 5.98. The number of amides is 1. The van der Waals surface area contributed by atoms with Crippen LogP contribution >= 0.6 is 46.0 Å². The van der Waals surface area contributed by atoms with Crippen molar-refractivity contribution in [2.24, 2.45) is 5.92 Å². The van der Waals surface area contributed by atoms with Crippen LogP contribution in [0, 0.1) is 9.49 Å². The average molecular weight is 396 g/mol. The van der Waals surface area contributed by atoms with Crippen molar-refractivity contribution >= 4 is 57.5 Å². The Labute approximate surface area is 130 Å². The van der Waals surface area contributed by atoms with Gasteiger partial charge in [0.1, 0.15) is 0 Å². The molecule has 1 heterocycles. The lowest BCUT2D eigenvalue weighted by molar-refractivity contribution is -0.117. The van der Waals surface area contributed by atoms with Crippen LogP contribution in [0.1, 0.15) is 19.3 Å². The van der Waals surface area contributed by atoms with Gasteiger partial charge in [0, 0.05) is 9.99 Å². The number of rotatable bonds is 3. The fraction of sp³-hybridized carbons (Fsp3) is 0.462. The van der Waals surface area contributed by atoms with Gasteiger partial charge in [-0.15, -0.1) is 0 Å². The van der Waals surface area contributed by atoms with Crippen LogP contribution in [0.3, 0.4) is 0 Å². The summed E-state index contributed by atoms with van der Waals surface area (Å²) in [4.78, 5) is 11.9. The fourth-order valence-corrected chi connectivity index (χ4v) is 4.11. The Morgan fingerprint density at radius 3 is 2.83 bits per heavy atom. The summed E-state index contributed by atoms with van der Waals surface area (Å²) in [6.07, 6.45) is 2.92. The molecule has 0 spiro atoms. The van der Waals surface area contributed by atoms with Gasteiger partial charge in [0.25, 0.3) is 0 Å². The van der Waals surface area contributed by atoms with E-state index in [1.807, 2.05) is 30.0 Å². The number of carbonyl (C=O) groups is 1. The molecule has 0 saturated carbocycles. The molecule has 0 unspecified atom stereocenters. The molecule has 98 valence electrons. The van der Waals surface area contributed by atoms with Crippen LogP contribution in [0.25, 0.3) is 0 Å². The van der Waals surface area contributed by atoms with Crippen LogP contribution in [0.15, 0.2) is 18.2 Å². The second kappa shape index (κ2) is 7.01. The molecule has 2 rings (SSSR count). The van der Waals surface area contributed by atoms with Crippen LogP contribution in [0.4, 0.5) is 5.69 Å². The molecule has 2 nitrogen and oxygen atoms in total. The van der Waals surface area contributed by atoms with E-state index in [1.165, 1.54) is 11.5 Å². The number of hydrogen-bond acceptors (Lipinski definition) is 2. The van der Waals surface area contributed by atoms with Crippen molar-refractivity contribution in [3.8, 4) is 0 Å². The highest BCUT2D eigenvalue weighted by Crippen LogP contribution is 2.27. The molecule has 0 atom stereocenters. The molecule has 0 radical (unpaired) electrons. The van der Waals surface area contributed by atoms with Crippen LogP contribution in [-0.4, -0.2) is 17.4 Å². The van der Waals surface area contributed by atoms with Crippen molar-refractivity contribution in [2.75, 3.05) is 16.8 Å². The predicted molar refractivity (Wildman–Crippen MR) is 87.5 cm³/mol. The van der Waals surface area contributed by atoms with Crippen LogP contribution in [0.2, 0.25) is 5.02 Å². The SMILES string of the molecule is O=C(CC1CCSCC1)Nc1ccc(I)cc1Cl. The largest absolute Gasteiger partial charge is 0.325 e. The van der Waals surface area contributed by atoms with Crippen LogP contribution in [0.5, 0.6) is 0 Å². The van der Waals surface area contributed by atoms with E-state index < -0.39 is 0 Å². The summed E-state index contributed by atoms with van der Waals surface area (Å²) in [7, 11) is 0. The van der Waals surface area contributed by atoms with Gasteiger partial charge in [-0.05, 0) is 71.1 Å². The molecular formula is C13H15ClINOS. The average Bonchev–Trinajstić information content (AvgIpc) is 2.34. The summed E-state index contributed by atoms with van der Waals surface area (Å²) < 4.78 is 1.07. The zero-order valence-electron chi connectivity index (χ0n) is 9.92. The molecule has 1 saturated heterocycles. The summed E-state index contributed by atoms with van der Waals surface area (Å²) in [6.45, 7) is 0. The maximum Gasteiger partial charge on any atom is 0.224 e. The number of hydrogen-bond donors (Lipinski definition) is 1. The van der Waals surface area contributed by atoms with Gasteiger partial charge in [0.2, 0.25) is 5.91 Å². The predicted octanol–water partition coefficient (Wildman–Crippen LogP) is 4.42. The number of nitrogens with one attached hydrogen (secondary N) is 1. The van der Waals surface area contributed by atoms with E-state index in [0.717, 1.165) is 16.4 Å². The molecule has 1 N–H and O–H groups in total. The fourth-order valence-electron chi connectivity index (χ4n) is 2.00. The minimum absolute atomic E-state index is 0.0787. The molecule has 1 aromatic rings. The second-order valence-corrected chi connectivity index (χ2v) is 7.31.